The number of ether oxygens (including phenoxy) is 3. The zero-order valence-corrected chi connectivity index (χ0v) is 9.98. The maximum absolute atomic E-state index is 10.9. The molecule has 0 amide bonds. The summed E-state index contributed by atoms with van der Waals surface area (Å²) in [7, 11) is 0. The Kier molecular flexibility index (Phi) is 2.71. The van der Waals surface area contributed by atoms with Crippen molar-refractivity contribution in [1.29, 1.82) is 0 Å². The van der Waals surface area contributed by atoms with Crippen molar-refractivity contribution in [2.45, 2.75) is 0 Å². The van der Waals surface area contributed by atoms with Crippen LogP contribution in [0.1, 0.15) is 0 Å². The van der Waals surface area contributed by atoms with Gasteiger partial charge < -0.3 is 19.9 Å². The van der Waals surface area contributed by atoms with Crippen LogP contribution < -0.4 is 19.9 Å². The van der Waals surface area contributed by atoms with E-state index in [1.165, 1.54) is 0 Å². The summed E-state index contributed by atoms with van der Waals surface area (Å²) in [6.45, 7) is 0.124. The second-order valence-electron chi connectivity index (χ2n) is 3.79. The van der Waals surface area contributed by atoms with E-state index < -0.39 is 4.92 Å². The van der Waals surface area contributed by atoms with Crippen molar-refractivity contribution in [2.75, 3.05) is 12.5 Å². The molecule has 0 fully saturated rings. The number of anilines is 1. The van der Waals surface area contributed by atoms with Crippen LogP contribution >= 0.6 is 0 Å². The highest BCUT2D eigenvalue weighted by molar-refractivity contribution is 5.50. The predicted molar refractivity (Wildman–Crippen MR) is 65.7 cm³/mol. The van der Waals surface area contributed by atoms with E-state index >= 15 is 0 Å². The molecular weight excluding hydrogens is 268 g/mol. The Bertz CT molecular complexity index is 691. The minimum atomic E-state index is -0.651. The van der Waals surface area contributed by atoms with Crippen molar-refractivity contribution in [1.82, 2.24) is 9.97 Å². The summed E-state index contributed by atoms with van der Waals surface area (Å²) in [6, 6.07) is 4.76. The van der Waals surface area contributed by atoms with Gasteiger partial charge in [0.25, 0.3) is 0 Å². The van der Waals surface area contributed by atoms with Gasteiger partial charge in [0.2, 0.25) is 12.7 Å². The summed E-state index contributed by atoms with van der Waals surface area (Å²) < 4.78 is 15.7. The lowest BCUT2D eigenvalue weighted by Crippen LogP contribution is -2.01. The molecule has 20 heavy (non-hydrogen) atoms. The third-order valence-corrected chi connectivity index (χ3v) is 2.51. The van der Waals surface area contributed by atoms with Gasteiger partial charge in [0, 0.05) is 6.07 Å². The Morgan fingerprint density at radius 1 is 1.35 bits per heavy atom. The first-order valence-electron chi connectivity index (χ1n) is 5.48. The van der Waals surface area contributed by atoms with E-state index in [1.807, 2.05) is 0 Å². The molecule has 2 aromatic rings. The number of rotatable bonds is 3. The van der Waals surface area contributed by atoms with E-state index in [0.29, 0.717) is 17.2 Å². The lowest BCUT2D eigenvalue weighted by Gasteiger charge is -2.06. The lowest BCUT2D eigenvalue weighted by molar-refractivity contribution is -0.386. The van der Waals surface area contributed by atoms with Crippen molar-refractivity contribution in [3.8, 4) is 23.1 Å². The molecule has 102 valence electrons. The third kappa shape index (κ3) is 2.11. The average molecular weight is 276 g/mol. The van der Waals surface area contributed by atoms with Gasteiger partial charge in [0.15, 0.2) is 11.5 Å². The van der Waals surface area contributed by atoms with Crippen LogP contribution in [0.15, 0.2) is 24.4 Å². The number of nitro groups is 1. The average Bonchev–Trinajstić information content (AvgIpc) is 2.85. The van der Waals surface area contributed by atoms with Gasteiger partial charge in [-0.1, -0.05) is 0 Å². The van der Waals surface area contributed by atoms with Gasteiger partial charge >= 0.3 is 11.6 Å². The second kappa shape index (κ2) is 4.53. The molecule has 1 aromatic heterocycles. The van der Waals surface area contributed by atoms with Crippen molar-refractivity contribution in [3.05, 3.63) is 34.5 Å². The second-order valence-corrected chi connectivity index (χ2v) is 3.79. The molecule has 0 spiro atoms. The lowest BCUT2D eigenvalue weighted by atomic mass is 10.3. The minimum absolute atomic E-state index is 0.119. The first-order chi connectivity index (χ1) is 9.63. The molecule has 0 saturated heterocycles. The van der Waals surface area contributed by atoms with E-state index in [1.54, 1.807) is 18.2 Å². The number of hydrogen-bond donors (Lipinski definition) is 1. The van der Waals surface area contributed by atoms with Crippen molar-refractivity contribution < 1.29 is 19.1 Å². The molecule has 0 radical (unpaired) electrons. The first kappa shape index (κ1) is 12.0. The van der Waals surface area contributed by atoms with Crippen LogP contribution in [0, 0.1) is 10.1 Å². The topological polar surface area (TPSA) is 123 Å². The van der Waals surface area contributed by atoms with Gasteiger partial charge in [-0.05, 0) is 12.1 Å². The van der Waals surface area contributed by atoms with Crippen LogP contribution in [-0.2, 0) is 0 Å². The molecule has 0 saturated carbocycles. The van der Waals surface area contributed by atoms with Crippen LogP contribution in [0.2, 0.25) is 0 Å². The number of hydrogen-bond acceptors (Lipinski definition) is 8. The maximum atomic E-state index is 10.9. The SMILES string of the molecule is Nc1ncc([N+](=O)[O-])c(Oc2ccc3c(c2)OCO3)n1. The molecule has 1 aliphatic rings. The number of fused-ring (bicyclic) bond motifs is 1. The van der Waals surface area contributed by atoms with Crippen LogP contribution in [-0.4, -0.2) is 21.7 Å². The van der Waals surface area contributed by atoms with Gasteiger partial charge in [-0.15, -0.1) is 0 Å². The number of benzene rings is 1. The molecule has 2 N–H and O–H groups in total. The van der Waals surface area contributed by atoms with Gasteiger partial charge in [0.1, 0.15) is 11.9 Å². The Balaban J connectivity index is 1.95. The van der Waals surface area contributed by atoms with Gasteiger partial charge in [-0.25, -0.2) is 4.98 Å². The Morgan fingerprint density at radius 2 is 2.15 bits per heavy atom. The number of aromatic nitrogens is 2. The molecule has 0 unspecified atom stereocenters. The zero-order valence-electron chi connectivity index (χ0n) is 9.98. The van der Waals surface area contributed by atoms with Gasteiger partial charge in [0.05, 0.1) is 4.92 Å². The molecule has 3 rings (SSSR count). The summed E-state index contributed by atoms with van der Waals surface area (Å²) in [6.07, 6.45) is 0.991. The summed E-state index contributed by atoms with van der Waals surface area (Å²) in [5.41, 5.74) is 5.02. The van der Waals surface area contributed by atoms with Crippen molar-refractivity contribution in [2.24, 2.45) is 0 Å². The highest BCUT2D eigenvalue weighted by Gasteiger charge is 2.20. The highest BCUT2D eigenvalue weighted by Crippen LogP contribution is 2.37. The summed E-state index contributed by atoms with van der Waals surface area (Å²) in [4.78, 5) is 17.5. The molecule has 0 aliphatic carbocycles. The molecule has 9 nitrogen and oxygen atoms in total. The van der Waals surface area contributed by atoms with Crippen molar-refractivity contribution >= 4 is 11.6 Å². The normalized spacial score (nSPS) is 12.2. The van der Waals surface area contributed by atoms with Crippen LogP contribution in [0.4, 0.5) is 11.6 Å². The fraction of sp³-hybridized carbons (Fsp3) is 0.0909. The Hall–Kier alpha value is -3.10. The van der Waals surface area contributed by atoms with E-state index in [9.17, 15) is 10.1 Å². The monoisotopic (exact) mass is 276 g/mol. The van der Waals surface area contributed by atoms with E-state index in [0.717, 1.165) is 6.20 Å². The summed E-state index contributed by atoms with van der Waals surface area (Å²) >= 11 is 0. The zero-order chi connectivity index (χ0) is 14.1. The molecule has 0 bridgehead atoms. The largest absolute Gasteiger partial charge is 0.454 e. The van der Waals surface area contributed by atoms with Gasteiger partial charge in [-0.3, -0.25) is 10.1 Å². The van der Waals surface area contributed by atoms with Gasteiger partial charge in [-0.2, -0.15) is 4.98 Å². The molecule has 2 heterocycles. The summed E-state index contributed by atoms with van der Waals surface area (Å²) in [5, 5.41) is 10.9. The molecule has 1 aromatic carbocycles. The van der Waals surface area contributed by atoms with Crippen LogP contribution in [0.3, 0.4) is 0 Å². The van der Waals surface area contributed by atoms with E-state index in [2.05, 4.69) is 9.97 Å². The maximum Gasteiger partial charge on any atom is 0.349 e. The van der Waals surface area contributed by atoms with E-state index in [4.69, 9.17) is 19.9 Å². The number of nitrogens with two attached hydrogens (primary N) is 1. The highest BCUT2D eigenvalue weighted by atomic mass is 16.7. The number of nitrogen functional groups attached to an aromatic ring is 1. The predicted octanol–water partition coefficient (Wildman–Crippen LogP) is 1.49. The van der Waals surface area contributed by atoms with E-state index in [-0.39, 0.29) is 24.3 Å². The Labute approximate surface area is 112 Å². The quantitative estimate of drug-likeness (QED) is 0.660. The molecular formula is C11H8N4O5. The number of nitrogens with zero attached hydrogens (tertiary/aromatic N) is 3. The standard InChI is InChI=1S/C11H8N4O5/c12-11-13-4-7(15(16)17)10(14-11)20-6-1-2-8-9(3-6)19-5-18-8/h1-4H,5H2,(H2,12,13,14). The first-order valence-corrected chi connectivity index (χ1v) is 5.48. The third-order valence-electron chi connectivity index (χ3n) is 2.51. The van der Waals surface area contributed by atoms with Crippen LogP contribution in [0.5, 0.6) is 23.1 Å². The fourth-order valence-electron chi connectivity index (χ4n) is 1.63. The molecule has 9 heteroatoms. The van der Waals surface area contributed by atoms with Crippen molar-refractivity contribution in [3.63, 3.8) is 0 Å². The molecule has 0 atom stereocenters. The summed E-state index contributed by atoms with van der Waals surface area (Å²) in [5.74, 6) is 1.03. The minimum Gasteiger partial charge on any atom is -0.454 e. The van der Waals surface area contributed by atoms with Crippen LogP contribution in [0.25, 0.3) is 0 Å². The fourth-order valence-corrected chi connectivity index (χ4v) is 1.63. The smallest absolute Gasteiger partial charge is 0.349 e. The Morgan fingerprint density at radius 3 is 2.95 bits per heavy atom. The molecule has 1 aliphatic heterocycles.